The van der Waals surface area contributed by atoms with Gasteiger partial charge >= 0.3 is 5.97 Å². The van der Waals surface area contributed by atoms with Crippen LogP contribution in [0, 0.1) is 5.92 Å². The zero-order valence-corrected chi connectivity index (χ0v) is 21.4. The first-order valence-electron chi connectivity index (χ1n) is 13.0. The van der Waals surface area contributed by atoms with Crippen LogP contribution in [-0.4, -0.2) is 46.6 Å². The van der Waals surface area contributed by atoms with Gasteiger partial charge in [-0.1, -0.05) is 30.3 Å². The summed E-state index contributed by atoms with van der Waals surface area (Å²) >= 11 is 0. The predicted molar refractivity (Wildman–Crippen MR) is 141 cm³/mol. The van der Waals surface area contributed by atoms with E-state index >= 15 is 0 Å². The number of aliphatic carboxylic acids is 1. The molecule has 3 aromatic rings. The first kappa shape index (κ1) is 24.9. The largest absolute Gasteiger partial charge is 0.478 e. The molecule has 7 heteroatoms. The van der Waals surface area contributed by atoms with Crippen LogP contribution in [-0.2, 0) is 16.1 Å². The molecule has 0 bridgehead atoms. The number of carboxylic acid groups (broad SMARTS) is 1. The second kappa shape index (κ2) is 10.3. The van der Waals surface area contributed by atoms with Crippen molar-refractivity contribution in [2.24, 2.45) is 5.92 Å². The van der Waals surface area contributed by atoms with Gasteiger partial charge in [-0.2, -0.15) is 0 Å². The van der Waals surface area contributed by atoms with Crippen LogP contribution in [0.1, 0.15) is 45.1 Å². The summed E-state index contributed by atoms with van der Waals surface area (Å²) in [5.74, 6) is 0.483. The summed E-state index contributed by atoms with van der Waals surface area (Å²) in [6.45, 7) is 5.19. The zero-order chi connectivity index (χ0) is 26.0. The molecule has 1 aliphatic carbocycles. The SMILES string of the molecule is CC(C)(Oc1cccc(N2CCCC(C(=O)N(Cc3ccc(-c4ccco4)cc3)C3CC3)C2)c1)C(=O)O. The first-order chi connectivity index (χ1) is 17.8. The average Bonchev–Trinajstić information content (AvgIpc) is 3.59. The third kappa shape index (κ3) is 5.82. The highest BCUT2D eigenvalue weighted by Crippen LogP contribution is 2.33. The minimum atomic E-state index is -1.32. The third-order valence-electron chi connectivity index (χ3n) is 7.22. The highest BCUT2D eigenvalue weighted by Gasteiger charge is 2.37. The molecule has 1 amide bonds. The molecule has 1 aromatic heterocycles. The fraction of sp³-hybridized carbons (Fsp3) is 0.400. The van der Waals surface area contributed by atoms with Crippen LogP contribution in [0.5, 0.6) is 5.75 Å². The van der Waals surface area contributed by atoms with Gasteiger partial charge in [0, 0.05) is 43.0 Å². The summed E-state index contributed by atoms with van der Waals surface area (Å²) in [6, 6.07) is 19.9. The smallest absolute Gasteiger partial charge is 0.347 e. The van der Waals surface area contributed by atoms with Crippen LogP contribution in [0.3, 0.4) is 0 Å². The van der Waals surface area contributed by atoms with Crippen molar-refractivity contribution < 1.29 is 23.8 Å². The van der Waals surface area contributed by atoms with Crippen molar-refractivity contribution in [2.75, 3.05) is 18.0 Å². The van der Waals surface area contributed by atoms with Crippen molar-refractivity contribution in [2.45, 2.75) is 57.7 Å². The molecule has 0 spiro atoms. The van der Waals surface area contributed by atoms with Crippen LogP contribution < -0.4 is 9.64 Å². The van der Waals surface area contributed by atoms with Gasteiger partial charge in [0.05, 0.1) is 12.2 Å². The Morgan fingerprint density at radius 2 is 1.86 bits per heavy atom. The van der Waals surface area contributed by atoms with Crippen molar-refractivity contribution in [3.63, 3.8) is 0 Å². The van der Waals surface area contributed by atoms with Gasteiger partial charge < -0.3 is 24.1 Å². The van der Waals surface area contributed by atoms with E-state index in [1.54, 1.807) is 12.3 Å². The Balaban J connectivity index is 1.26. The minimum Gasteiger partial charge on any atom is -0.478 e. The van der Waals surface area contributed by atoms with Gasteiger partial charge in [-0.25, -0.2) is 4.79 Å². The summed E-state index contributed by atoms with van der Waals surface area (Å²) in [6.07, 6.45) is 5.60. The van der Waals surface area contributed by atoms with Gasteiger partial charge in [0.2, 0.25) is 5.91 Å². The molecule has 2 aliphatic rings. The van der Waals surface area contributed by atoms with Crippen LogP contribution in [0.4, 0.5) is 5.69 Å². The van der Waals surface area contributed by atoms with Crippen molar-refractivity contribution in [3.8, 4) is 17.1 Å². The Kier molecular flexibility index (Phi) is 6.96. The Labute approximate surface area is 217 Å². The van der Waals surface area contributed by atoms with E-state index in [0.717, 1.165) is 54.8 Å². The van der Waals surface area contributed by atoms with Gasteiger partial charge in [0.1, 0.15) is 11.5 Å². The van der Waals surface area contributed by atoms with Crippen molar-refractivity contribution in [1.29, 1.82) is 0 Å². The second-order valence-electron chi connectivity index (χ2n) is 10.6. The molecular formula is C30H34N2O5. The van der Waals surface area contributed by atoms with E-state index in [9.17, 15) is 14.7 Å². The van der Waals surface area contributed by atoms with Gasteiger partial charge in [0.25, 0.3) is 0 Å². The summed E-state index contributed by atoms with van der Waals surface area (Å²) in [7, 11) is 0. The summed E-state index contributed by atoms with van der Waals surface area (Å²) in [5, 5.41) is 9.40. The predicted octanol–water partition coefficient (Wildman–Crippen LogP) is 5.60. The quantitative estimate of drug-likeness (QED) is 0.410. The number of carboxylic acids is 1. The van der Waals surface area contributed by atoms with Gasteiger partial charge in [-0.05, 0) is 69.4 Å². The summed E-state index contributed by atoms with van der Waals surface area (Å²) in [4.78, 5) is 29.5. The molecule has 1 saturated heterocycles. The van der Waals surface area contributed by atoms with Crippen molar-refractivity contribution >= 4 is 17.6 Å². The van der Waals surface area contributed by atoms with Gasteiger partial charge in [-0.15, -0.1) is 0 Å². The number of nitrogens with zero attached hydrogens (tertiary/aromatic N) is 2. The Bertz CT molecular complexity index is 1230. The van der Waals surface area contributed by atoms with E-state index in [1.165, 1.54) is 13.8 Å². The number of piperidine rings is 1. The highest BCUT2D eigenvalue weighted by molar-refractivity contribution is 5.80. The molecule has 5 rings (SSSR count). The zero-order valence-electron chi connectivity index (χ0n) is 21.4. The Morgan fingerprint density at radius 1 is 1.08 bits per heavy atom. The van der Waals surface area contributed by atoms with E-state index in [4.69, 9.17) is 9.15 Å². The molecule has 1 saturated carbocycles. The molecule has 1 aliphatic heterocycles. The maximum atomic E-state index is 13.7. The number of hydrogen-bond acceptors (Lipinski definition) is 5. The molecule has 194 valence electrons. The molecule has 7 nitrogen and oxygen atoms in total. The van der Waals surface area contributed by atoms with Crippen LogP contribution in [0.25, 0.3) is 11.3 Å². The number of carbonyl (C=O) groups excluding carboxylic acids is 1. The maximum Gasteiger partial charge on any atom is 0.347 e. The number of rotatable bonds is 9. The van der Waals surface area contributed by atoms with E-state index < -0.39 is 11.6 Å². The molecule has 1 atom stereocenters. The number of anilines is 1. The number of ether oxygens (including phenoxy) is 1. The summed E-state index contributed by atoms with van der Waals surface area (Å²) in [5.41, 5.74) is 1.77. The van der Waals surface area contributed by atoms with Crippen LogP contribution >= 0.6 is 0 Å². The minimum absolute atomic E-state index is 0.0724. The van der Waals surface area contributed by atoms with E-state index in [2.05, 4.69) is 21.9 Å². The normalized spacial score (nSPS) is 17.9. The van der Waals surface area contributed by atoms with E-state index in [-0.39, 0.29) is 11.8 Å². The molecular weight excluding hydrogens is 468 g/mol. The Hall–Kier alpha value is -3.74. The number of amides is 1. The molecule has 37 heavy (non-hydrogen) atoms. The van der Waals surface area contributed by atoms with E-state index in [0.29, 0.717) is 24.9 Å². The number of benzene rings is 2. The topological polar surface area (TPSA) is 83.2 Å². The third-order valence-corrected chi connectivity index (χ3v) is 7.22. The number of furan rings is 1. The first-order valence-corrected chi connectivity index (χ1v) is 13.0. The van der Waals surface area contributed by atoms with Gasteiger partial charge in [0.15, 0.2) is 5.60 Å². The van der Waals surface area contributed by atoms with Gasteiger partial charge in [-0.3, -0.25) is 4.79 Å². The number of hydrogen-bond donors (Lipinski definition) is 1. The van der Waals surface area contributed by atoms with Crippen LogP contribution in [0.2, 0.25) is 0 Å². The molecule has 2 fully saturated rings. The lowest BCUT2D eigenvalue weighted by Gasteiger charge is -2.36. The standard InChI is InChI=1S/C30H34N2O5/c1-30(2,29(34)35)37-26-8-3-7-25(18-26)31-16-4-6-23(20-31)28(33)32(24-14-15-24)19-21-10-12-22(13-11-21)27-9-5-17-36-27/h3,5,7-13,17-18,23-24H,4,6,14-16,19-20H2,1-2H3,(H,34,35). The van der Waals surface area contributed by atoms with Crippen molar-refractivity contribution in [1.82, 2.24) is 4.90 Å². The lowest BCUT2D eigenvalue weighted by Crippen LogP contribution is -2.45. The van der Waals surface area contributed by atoms with Crippen molar-refractivity contribution in [3.05, 3.63) is 72.5 Å². The lowest BCUT2D eigenvalue weighted by atomic mass is 9.95. The lowest BCUT2D eigenvalue weighted by molar-refractivity contribution is -0.152. The van der Waals surface area contributed by atoms with Crippen LogP contribution in [0.15, 0.2) is 71.3 Å². The average molecular weight is 503 g/mol. The fourth-order valence-corrected chi connectivity index (χ4v) is 4.92. The molecule has 0 radical (unpaired) electrons. The second-order valence-corrected chi connectivity index (χ2v) is 10.6. The monoisotopic (exact) mass is 502 g/mol. The number of carbonyl (C=O) groups is 2. The highest BCUT2D eigenvalue weighted by atomic mass is 16.5. The van der Waals surface area contributed by atoms with E-state index in [1.807, 2.05) is 42.5 Å². The summed E-state index contributed by atoms with van der Waals surface area (Å²) < 4.78 is 11.2. The Morgan fingerprint density at radius 3 is 2.54 bits per heavy atom. The molecule has 1 N–H and O–H groups in total. The fourth-order valence-electron chi connectivity index (χ4n) is 4.92. The molecule has 2 aromatic carbocycles. The molecule has 1 unspecified atom stereocenters. The molecule has 2 heterocycles. The maximum absolute atomic E-state index is 13.7.